The van der Waals surface area contributed by atoms with Crippen LogP contribution < -0.4 is 0 Å². The van der Waals surface area contributed by atoms with Crippen LogP contribution in [0.2, 0.25) is 0 Å². The third-order valence-electron chi connectivity index (χ3n) is 5.57. The summed E-state index contributed by atoms with van der Waals surface area (Å²) >= 11 is 0. The SMILES string of the molecule is Cc1ccccc1-n1cc(CN2CCC(O)(Cc3ccccc3)CC2)cn1.Cl. The number of hydrogen-bond donors (Lipinski definition) is 1. The van der Waals surface area contributed by atoms with E-state index in [0.29, 0.717) is 0 Å². The highest BCUT2D eigenvalue weighted by atomic mass is 35.5. The zero-order valence-corrected chi connectivity index (χ0v) is 17.1. The van der Waals surface area contributed by atoms with E-state index in [0.717, 1.165) is 44.6 Å². The molecule has 1 aliphatic heterocycles. The summed E-state index contributed by atoms with van der Waals surface area (Å²) in [6.45, 7) is 4.82. The largest absolute Gasteiger partial charge is 0.389 e. The maximum atomic E-state index is 10.9. The van der Waals surface area contributed by atoms with Gasteiger partial charge in [-0.2, -0.15) is 5.10 Å². The average molecular weight is 398 g/mol. The van der Waals surface area contributed by atoms with Crippen LogP contribution >= 0.6 is 12.4 Å². The molecule has 0 amide bonds. The third kappa shape index (κ3) is 4.82. The summed E-state index contributed by atoms with van der Waals surface area (Å²) < 4.78 is 1.96. The van der Waals surface area contributed by atoms with Crippen molar-refractivity contribution in [3.05, 3.63) is 83.7 Å². The summed E-state index contributed by atoms with van der Waals surface area (Å²) in [6, 6.07) is 18.6. The van der Waals surface area contributed by atoms with Crippen molar-refractivity contribution in [2.45, 2.75) is 38.3 Å². The Morgan fingerprint density at radius 1 is 0.964 bits per heavy atom. The molecule has 0 saturated carbocycles. The van der Waals surface area contributed by atoms with E-state index in [2.05, 4.69) is 47.4 Å². The van der Waals surface area contributed by atoms with Gasteiger partial charge in [0.15, 0.2) is 0 Å². The lowest BCUT2D eigenvalue weighted by Gasteiger charge is -2.38. The van der Waals surface area contributed by atoms with Crippen LogP contribution in [0.15, 0.2) is 67.0 Å². The maximum Gasteiger partial charge on any atom is 0.0712 e. The standard InChI is InChI=1S/C23H27N3O.ClH/c1-19-7-5-6-10-22(19)26-18-21(16-24-26)17-25-13-11-23(27,12-14-25)15-20-8-3-2-4-9-20;/h2-10,16,18,27H,11-15,17H2,1H3;1H. The Hall–Kier alpha value is -2.14. The molecule has 0 unspecified atom stereocenters. The van der Waals surface area contributed by atoms with Crippen LogP contribution in [0, 0.1) is 6.92 Å². The van der Waals surface area contributed by atoms with Crippen LogP contribution in [0.3, 0.4) is 0 Å². The van der Waals surface area contributed by atoms with Crippen molar-refractivity contribution in [1.29, 1.82) is 0 Å². The molecule has 148 valence electrons. The molecule has 28 heavy (non-hydrogen) atoms. The molecular weight excluding hydrogens is 370 g/mol. The van der Waals surface area contributed by atoms with Gasteiger partial charge in [0.05, 0.1) is 17.5 Å². The van der Waals surface area contributed by atoms with Gasteiger partial charge in [-0.3, -0.25) is 4.90 Å². The Balaban J connectivity index is 0.00000225. The van der Waals surface area contributed by atoms with Crippen LogP contribution in [0.1, 0.15) is 29.5 Å². The first-order valence-electron chi connectivity index (χ1n) is 9.70. The van der Waals surface area contributed by atoms with Crippen molar-refractivity contribution >= 4 is 12.4 Å². The monoisotopic (exact) mass is 397 g/mol. The van der Waals surface area contributed by atoms with Gasteiger partial charge >= 0.3 is 0 Å². The molecule has 0 spiro atoms. The minimum absolute atomic E-state index is 0. The second-order valence-corrected chi connectivity index (χ2v) is 7.74. The highest BCUT2D eigenvalue weighted by Gasteiger charge is 2.32. The fourth-order valence-electron chi connectivity index (χ4n) is 3.93. The number of benzene rings is 2. The number of nitrogens with zero attached hydrogens (tertiary/aromatic N) is 3. The predicted octanol–water partition coefficient (Wildman–Crippen LogP) is 4.17. The molecule has 4 rings (SSSR count). The van der Waals surface area contributed by atoms with E-state index in [-0.39, 0.29) is 12.4 Å². The molecule has 3 aromatic rings. The van der Waals surface area contributed by atoms with Crippen LogP contribution in [-0.4, -0.2) is 38.5 Å². The van der Waals surface area contributed by atoms with Gasteiger partial charge in [-0.05, 0) is 37.0 Å². The Bertz CT molecular complexity index is 886. The summed E-state index contributed by atoms with van der Waals surface area (Å²) in [5.74, 6) is 0. The molecule has 1 saturated heterocycles. The molecular formula is C23H28ClN3O. The maximum absolute atomic E-state index is 10.9. The molecule has 0 radical (unpaired) electrons. The zero-order chi connectivity index (χ0) is 18.7. The number of aliphatic hydroxyl groups is 1. The van der Waals surface area contributed by atoms with E-state index in [1.165, 1.54) is 16.7 Å². The summed E-state index contributed by atoms with van der Waals surface area (Å²) in [6.07, 6.45) is 6.44. The van der Waals surface area contributed by atoms with Crippen molar-refractivity contribution in [3.63, 3.8) is 0 Å². The second-order valence-electron chi connectivity index (χ2n) is 7.74. The quantitative estimate of drug-likeness (QED) is 0.702. The second kappa shape index (κ2) is 8.91. The van der Waals surface area contributed by atoms with Gasteiger partial charge < -0.3 is 5.11 Å². The number of hydrogen-bond acceptors (Lipinski definition) is 3. The number of rotatable bonds is 5. The Labute approximate surface area is 173 Å². The van der Waals surface area contributed by atoms with E-state index in [4.69, 9.17) is 0 Å². The Kier molecular flexibility index (Phi) is 6.55. The van der Waals surface area contributed by atoms with Gasteiger partial charge in [-0.15, -0.1) is 12.4 Å². The van der Waals surface area contributed by atoms with E-state index >= 15 is 0 Å². The minimum Gasteiger partial charge on any atom is -0.389 e. The summed E-state index contributed by atoms with van der Waals surface area (Å²) in [5, 5.41) is 15.5. The normalized spacial score (nSPS) is 16.5. The zero-order valence-electron chi connectivity index (χ0n) is 16.3. The highest BCUT2D eigenvalue weighted by molar-refractivity contribution is 5.85. The third-order valence-corrected chi connectivity index (χ3v) is 5.57. The summed E-state index contributed by atoms with van der Waals surface area (Å²) in [7, 11) is 0. The number of likely N-dealkylation sites (tertiary alicyclic amines) is 1. The van der Waals surface area contributed by atoms with Gasteiger partial charge in [0.2, 0.25) is 0 Å². The molecule has 1 N–H and O–H groups in total. The molecule has 1 aliphatic rings. The van der Waals surface area contributed by atoms with Crippen LogP contribution in [-0.2, 0) is 13.0 Å². The number of aryl methyl sites for hydroxylation is 1. The number of piperidine rings is 1. The van der Waals surface area contributed by atoms with Crippen molar-refractivity contribution in [1.82, 2.24) is 14.7 Å². The van der Waals surface area contributed by atoms with Crippen molar-refractivity contribution in [2.75, 3.05) is 13.1 Å². The predicted molar refractivity (Wildman–Crippen MR) is 115 cm³/mol. The van der Waals surface area contributed by atoms with E-state index in [9.17, 15) is 5.11 Å². The lowest BCUT2D eigenvalue weighted by atomic mass is 9.85. The summed E-state index contributed by atoms with van der Waals surface area (Å²) in [4.78, 5) is 2.42. The molecule has 0 bridgehead atoms. The lowest BCUT2D eigenvalue weighted by molar-refractivity contribution is -0.0224. The highest BCUT2D eigenvalue weighted by Crippen LogP contribution is 2.27. The molecule has 2 heterocycles. The van der Waals surface area contributed by atoms with Gasteiger partial charge in [0.25, 0.3) is 0 Å². The first-order valence-corrected chi connectivity index (χ1v) is 9.70. The van der Waals surface area contributed by atoms with Gasteiger partial charge in [-0.25, -0.2) is 4.68 Å². The molecule has 2 aromatic carbocycles. The van der Waals surface area contributed by atoms with E-state index in [1.54, 1.807) is 0 Å². The molecule has 0 atom stereocenters. The van der Waals surface area contributed by atoms with E-state index < -0.39 is 5.60 Å². The van der Waals surface area contributed by atoms with Gasteiger partial charge in [0, 0.05) is 37.8 Å². The van der Waals surface area contributed by atoms with Gasteiger partial charge in [0.1, 0.15) is 0 Å². The van der Waals surface area contributed by atoms with E-state index in [1.807, 2.05) is 41.2 Å². The first kappa shape index (κ1) is 20.6. The molecule has 4 nitrogen and oxygen atoms in total. The molecule has 1 aromatic heterocycles. The number of halogens is 1. The van der Waals surface area contributed by atoms with Crippen molar-refractivity contribution in [3.8, 4) is 5.69 Å². The lowest BCUT2D eigenvalue weighted by Crippen LogP contribution is -2.45. The van der Waals surface area contributed by atoms with Crippen molar-refractivity contribution < 1.29 is 5.11 Å². The average Bonchev–Trinajstić information content (AvgIpc) is 3.13. The smallest absolute Gasteiger partial charge is 0.0712 e. The topological polar surface area (TPSA) is 41.3 Å². The first-order chi connectivity index (χ1) is 13.1. The number of aromatic nitrogens is 2. The van der Waals surface area contributed by atoms with Crippen LogP contribution in [0.5, 0.6) is 0 Å². The Morgan fingerprint density at radius 3 is 2.36 bits per heavy atom. The van der Waals surface area contributed by atoms with Crippen molar-refractivity contribution in [2.24, 2.45) is 0 Å². The molecule has 0 aliphatic carbocycles. The fourth-order valence-corrected chi connectivity index (χ4v) is 3.93. The summed E-state index contributed by atoms with van der Waals surface area (Å²) in [5.41, 5.74) is 4.19. The molecule has 5 heteroatoms. The number of para-hydroxylation sites is 1. The minimum atomic E-state index is -0.580. The van der Waals surface area contributed by atoms with Crippen LogP contribution in [0.25, 0.3) is 5.69 Å². The Morgan fingerprint density at radius 2 is 1.64 bits per heavy atom. The van der Waals surface area contributed by atoms with Crippen LogP contribution in [0.4, 0.5) is 0 Å². The fraction of sp³-hybridized carbons (Fsp3) is 0.348. The van der Waals surface area contributed by atoms with Gasteiger partial charge in [-0.1, -0.05) is 48.5 Å². The molecule has 1 fully saturated rings.